The summed E-state index contributed by atoms with van der Waals surface area (Å²) in [5, 5.41) is 18.1. The Kier molecular flexibility index (Phi) is 2.24. The lowest BCUT2D eigenvalue weighted by Gasteiger charge is -2.43. The molecule has 2 N–H and O–H groups in total. The number of nitrogens with zero attached hydrogens (tertiary/aromatic N) is 2. The van der Waals surface area contributed by atoms with Crippen molar-refractivity contribution >= 4 is 5.97 Å². The van der Waals surface area contributed by atoms with E-state index in [1.165, 1.54) is 0 Å². The van der Waals surface area contributed by atoms with Crippen molar-refractivity contribution < 1.29 is 19.4 Å². The Balaban J connectivity index is 1.92. The minimum absolute atomic E-state index is 0.0858. The van der Waals surface area contributed by atoms with Crippen LogP contribution in [0, 0.1) is 0 Å². The van der Waals surface area contributed by atoms with E-state index in [-0.39, 0.29) is 5.69 Å². The molecular formula is C9H12N2O4. The predicted octanol–water partition coefficient (Wildman–Crippen LogP) is -0.0606. The molecule has 0 atom stereocenters. The van der Waals surface area contributed by atoms with Crippen LogP contribution < -0.4 is 0 Å². The lowest BCUT2D eigenvalue weighted by molar-refractivity contribution is -0.0897. The van der Waals surface area contributed by atoms with Gasteiger partial charge >= 0.3 is 5.97 Å². The molecule has 6 heteroatoms. The Hall–Kier alpha value is -1.40. The topological polar surface area (TPSA) is 86.8 Å². The van der Waals surface area contributed by atoms with Crippen LogP contribution in [0.3, 0.4) is 0 Å². The van der Waals surface area contributed by atoms with Crippen LogP contribution in [0.15, 0.2) is 10.7 Å². The predicted molar refractivity (Wildman–Crippen MR) is 49.4 cm³/mol. The summed E-state index contributed by atoms with van der Waals surface area (Å²) in [6, 6.07) is 0. The summed E-state index contributed by atoms with van der Waals surface area (Å²) in [5.74, 6) is -0.733. The Morgan fingerprint density at radius 3 is 2.87 bits per heavy atom. The van der Waals surface area contributed by atoms with E-state index in [0.717, 1.165) is 6.26 Å². The molecule has 1 fully saturated rings. The first-order chi connectivity index (χ1) is 6.96. The maximum atomic E-state index is 10.5. The third kappa shape index (κ3) is 2.16. The van der Waals surface area contributed by atoms with Crippen molar-refractivity contribution in [1.29, 1.82) is 0 Å². The smallest absolute Gasteiger partial charge is 0.357 e. The molecule has 0 bridgehead atoms. The van der Waals surface area contributed by atoms with E-state index in [1.54, 1.807) is 6.92 Å². The maximum absolute atomic E-state index is 10.5. The Bertz CT molecular complexity index is 377. The molecule has 0 amide bonds. The Morgan fingerprint density at radius 1 is 1.73 bits per heavy atom. The molecule has 1 aliphatic rings. The number of hydrogen-bond donors (Lipinski definition) is 2. The molecule has 0 radical (unpaired) electrons. The summed E-state index contributed by atoms with van der Waals surface area (Å²) in [4.78, 5) is 16.2. The van der Waals surface area contributed by atoms with Crippen LogP contribution in [0.4, 0.5) is 0 Å². The van der Waals surface area contributed by atoms with Crippen LogP contribution in [0.25, 0.3) is 0 Å². The van der Waals surface area contributed by atoms with Gasteiger partial charge in [0.15, 0.2) is 5.69 Å². The number of carboxylic acids is 1. The van der Waals surface area contributed by atoms with Crippen LogP contribution in [0.2, 0.25) is 0 Å². The van der Waals surface area contributed by atoms with E-state index in [4.69, 9.17) is 9.52 Å². The molecule has 1 aromatic rings. The summed E-state index contributed by atoms with van der Waals surface area (Å²) in [5.41, 5.74) is -0.723. The molecule has 1 aromatic heterocycles. The van der Waals surface area contributed by atoms with Gasteiger partial charge in [0, 0.05) is 13.1 Å². The van der Waals surface area contributed by atoms with Crippen molar-refractivity contribution in [2.45, 2.75) is 19.1 Å². The lowest BCUT2D eigenvalue weighted by Crippen LogP contribution is -2.59. The Labute approximate surface area is 86.1 Å². The second-order valence-corrected chi connectivity index (χ2v) is 4.07. The summed E-state index contributed by atoms with van der Waals surface area (Å²) in [7, 11) is 0. The number of aromatic nitrogens is 1. The number of carbonyl (C=O) groups is 1. The van der Waals surface area contributed by atoms with E-state index < -0.39 is 11.6 Å². The maximum Gasteiger partial charge on any atom is 0.357 e. The number of aromatic carboxylic acids is 1. The molecule has 2 rings (SSSR count). The summed E-state index contributed by atoms with van der Waals surface area (Å²) in [6.07, 6.45) is 1.12. The van der Waals surface area contributed by atoms with Gasteiger partial charge in [-0.25, -0.2) is 9.78 Å². The van der Waals surface area contributed by atoms with Gasteiger partial charge in [-0.15, -0.1) is 0 Å². The monoisotopic (exact) mass is 212 g/mol. The van der Waals surface area contributed by atoms with Crippen molar-refractivity contribution in [2.75, 3.05) is 13.1 Å². The van der Waals surface area contributed by atoms with Crippen molar-refractivity contribution in [1.82, 2.24) is 9.88 Å². The normalized spacial score (nSPS) is 19.9. The van der Waals surface area contributed by atoms with Crippen molar-refractivity contribution in [3.05, 3.63) is 17.8 Å². The Morgan fingerprint density at radius 2 is 2.40 bits per heavy atom. The average molecular weight is 212 g/mol. The van der Waals surface area contributed by atoms with E-state index >= 15 is 0 Å². The number of rotatable bonds is 3. The molecule has 0 unspecified atom stereocenters. The van der Waals surface area contributed by atoms with Gasteiger partial charge in [0.1, 0.15) is 6.26 Å². The summed E-state index contributed by atoms with van der Waals surface area (Å²) < 4.78 is 4.99. The van der Waals surface area contributed by atoms with Gasteiger partial charge < -0.3 is 14.6 Å². The fraction of sp³-hybridized carbons (Fsp3) is 0.556. The van der Waals surface area contributed by atoms with Gasteiger partial charge in [-0.2, -0.15) is 0 Å². The summed E-state index contributed by atoms with van der Waals surface area (Å²) in [6.45, 7) is 3.29. The van der Waals surface area contributed by atoms with Gasteiger partial charge in [-0.05, 0) is 6.92 Å². The zero-order valence-corrected chi connectivity index (χ0v) is 8.30. The molecule has 1 saturated heterocycles. The molecule has 2 heterocycles. The van der Waals surface area contributed by atoms with Crippen molar-refractivity contribution in [2.24, 2.45) is 0 Å². The van der Waals surface area contributed by atoms with Crippen LogP contribution >= 0.6 is 0 Å². The third-order valence-corrected chi connectivity index (χ3v) is 2.26. The highest BCUT2D eigenvalue weighted by atomic mass is 16.4. The highest BCUT2D eigenvalue weighted by Gasteiger charge is 2.36. The quantitative estimate of drug-likeness (QED) is 0.729. The molecular weight excluding hydrogens is 200 g/mol. The molecule has 15 heavy (non-hydrogen) atoms. The lowest BCUT2D eigenvalue weighted by atomic mass is 9.97. The first kappa shape index (κ1) is 10.1. The molecule has 0 aromatic carbocycles. The number of likely N-dealkylation sites (tertiary alicyclic amines) is 1. The SMILES string of the molecule is CC1(O)CN(Cc2nc(C(=O)O)co2)C1. The number of oxazole rings is 1. The number of carboxylic acid groups (broad SMARTS) is 1. The third-order valence-electron chi connectivity index (χ3n) is 2.26. The molecule has 1 aliphatic heterocycles. The van der Waals surface area contributed by atoms with Crippen molar-refractivity contribution in [3.63, 3.8) is 0 Å². The van der Waals surface area contributed by atoms with Crippen molar-refractivity contribution in [3.8, 4) is 0 Å². The largest absolute Gasteiger partial charge is 0.476 e. The second kappa shape index (κ2) is 3.32. The highest BCUT2D eigenvalue weighted by Crippen LogP contribution is 2.21. The standard InChI is InChI=1S/C9H12N2O4/c1-9(14)4-11(5-9)2-7-10-6(3-15-7)8(12)13/h3,14H,2,4-5H2,1H3,(H,12,13). The van der Waals surface area contributed by atoms with Gasteiger partial charge in [0.2, 0.25) is 5.89 Å². The van der Waals surface area contributed by atoms with Crippen LogP contribution in [0.1, 0.15) is 23.3 Å². The molecule has 0 saturated carbocycles. The van der Waals surface area contributed by atoms with Crippen LogP contribution in [-0.4, -0.2) is 44.8 Å². The average Bonchev–Trinajstić information content (AvgIpc) is 2.49. The van der Waals surface area contributed by atoms with E-state index in [1.807, 2.05) is 4.90 Å². The molecule has 0 aliphatic carbocycles. The molecule has 82 valence electrons. The van der Waals surface area contributed by atoms with Gasteiger partial charge in [-0.3, -0.25) is 4.90 Å². The fourth-order valence-corrected chi connectivity index (χ4v) is 1.70. The fourth-order valence-electron chi connectivity index (χ4n) is 1.70. The summed E-state index contributed by atoms with van der Waals surface area (Å²) >= 11 is 0. The first-order valence-corrected chi connectivity index (χ1v) is 4.59. The number of aliphatic hydroxyl groups is 1. The van der Waals surface area contributed by atoms with Crippen LogP contribution in [0.5, 0.6) is 0 Å². The van der Waals surface area contributed by atoms with Gasteiger partial charge in [0.05, 0.1) is 12.1 Å². The zero-order valence-electron chi connectivity index (χ0n) is 8.30. The van der Waals surface area contributed by atoms with Gasteiger partial charge in [-0.1, -0.05) is 0 Å². The van der Waals surface area contributed by atoms with Gasteiger partial charge in [0.25, 0.3) is 0 Å². The van der Waals surface area contributed by atoms with E-state index in [0.29, 0.717) is 25.5 Å². The second-order valence-electron chi connectivity index (χ2n) is 4.07. The first-order valence-electron chi connectivity index (χ1n) is 4.59. The highest BCUT2D eigenvalue weighted by molar-refractivity contribution is 5.84. The van der Waals surface area contributed by atoms with Crippen LogP contribution in [-0.2, 0) is 6.54 Å². The zero-order chi connectivity index (χ0) is 11.1. The number of β-amino-alcohol motifs (C(OH)–C–C–N with tert-alkyl or cyclic N) is 1. The number of hydrogen-bond acceptors (Lipinski definition) is 5. The van der Waals surface area contributed by atoms with E-state index in [9.17, 15) is 9.90 Å². The minimum atomic E-state index is -1.10. The molecule has 0 spiro atoms. The molecule has 6 nitrogen and oxygen atoms in total. The minimum Gasteiger partial charge on any atom is -0.476 e. The van der Waals surface area contributed by atoms with E-state index in [2.05, 4.69) is 4.98 Å².